The summed E-state index contributed by atoms with van der Waals surface area (Å²) in [6.07, 6.45) is -3.06. The number of nitrogens with one attached hydrogen (secondary N) is 2. The van der Waals surface area contributed by atoms with Crippen LogP contribution in [-0.4, -0.2) is 47.9 Å². The molecule has 0 radical (unpaired) electrons. The lowest BCUT2D eigenvalue weighted by molar-refractivity contribution is -0.137. The largest absolute Gasteiger partial charge is 0.419 e. The lowest BCUT2D eigenvalue weighted by atomic mass is 10.1. The van der Waals surface area contributed by atoms with E-state index in [0.29, 0.717) is 13.1 Å². The fourth-order valence-corrected chi connectivity index (χ4v) is 2.54. The highest BCUT2D eigenvalue weighted by atomic mass is 19.4. The van der Waals surface area contributed by atoms with Crippen molar-refractivity contribution in [3.05, 3.63) is 23.9 Å². The molecule has 132 valence electrons. The molecule has 0 saturated carbocycles. The molecule has 1 aromatic rings. The molecule has 6 nitrogen and oxygen atoms in total. The van der Waals surface area contributed by atoms with Gasteiger partial charge in [0.25, 0.3) is 0 Å². The minimum absolute atomic E-state index is 0.0564. The summed E-state index contributed by atoms with van der Waals surface area (Å²) in [4.78, 5) is 28.8. The highest BCUT2D eigenvalue weighted by Crippen LogP contribution is 2.33. The number of hydrogen-bond donors (Lipinski definition) is 2. The first-order valence-corrected chi connectivity index (χ1v) is 7.64. The number of nitrogens with zero attached hydrogens (tertiary/aromatic N) is 2. The Morgan fingerprint density at radius 1 is 1.42 bits per heavy atom. The van der Waals surface area contributed by atoms with Gasteiger partial charge in [0, 0.05) is 38.8 Å². The zero-order valence-electron chi connectivity index (χ0n) is 13.2. The number of alkyl halides is 3. The van der Waals surface area contributed by atoms with Gasteiger partial charge in [-0.1, -0.05) is 0 Å². The molecule has 1 saturated heterocycles. The fourth-order valence-electron chi connectivity index (χ4n) is 2.54. The van der Waals surface area contributed by atoms with E-state index in [0.717, 1.165) is 6.07 Å². The Morgan fingerprint density at radius 3 is 2.79 bits per heavy atom. The summed E-state index contributed by atoms with van der Waals surface area (Å²) in [5.41, 5.74) is -0.851. The van der Waals surface area contributed by atoms with Crippen molar-refractivity contribution in [3.63, 3.8) is 0 Å². The maximum absolute atomic E-state index is 12.8. The maximum atomic E-state index is 12.8. The third-order valence-electron chi connectivity index (χ3n) is 3.80. The monoisotopic (exact) mass is 344 g/mol. The molecule has 0 aromatic carbocycles. The summed E-state index contributed by atoms with van der Waals surface area (Å²) >= 11 is 0. The number of anilines is 1. The molecule has 2 N–H and O–H groups in total. The second-order valence-corrected chi connectivity index (χ2v) is 5.45. The van der Waals surface area contributed by atoms with Gasteiger partial charge in [0.05, 0.1) is 11.5 Å². The maximum Gasteiger partial charge on any atom is 0.419 e. The van der Waals surface area contributed by atoms with Gasteiger partial charge in [-0.3, -0.25) is 9.59 Å². The van der Waals surface area contributed by atoms with Gasteiger partial charge in [-0.2, -0.15) is 13.2 Å². The minimum Gasteiger partial charge on any atom is -0.368 e. The average Bonchev–Trinajstić information content (AvgIpc) is 2.92. The van der Waals surface area contributed by atoms with Crippen molar-refractivity contribution in [3.8, 4) is 0 Å². The predicted octanol–water partition coefficient (Wildman–Crippen LogP) is 1.50. The quantitative estimate of drug-likeness (QED) is 0.767. The van der Waals surface area contributed by atoms with Crippen LogP contribution in [0.25, 0.3) is 0 Å². The van der Waals surface area contributed by atoms with Gasteiger partial charge in [0.1, 0.15) is 5.82 Å². The highest BCUT2D eigenvalue weighted by Gasteiger charge is 2.34. The summed E-state index contributed by atoms with van der Waals surface area (Å²) in [6, 6.07) is 2.16. The smallest absolute Gasteiger partial charge is 0.368 e. The molecule has 2 heterocycles. The van der Waals surface area contributed by atoms with E-state index < -0.39 is 17.7 Å². The van der Waals surface area contributed by atoms with E-state index >= 15 is 0 Å². The van der Waals surface area contributed by atoms with Crippen LogP contribution >= 0.6 is 0 Å². The molecule has 24 heavy (non-hydrogen) atoms. The molecule has 1 aromatic heterocycles. The van der Waals surface area contributed by atoms with Gasteiger partial charge in [0.15, 0.2) is 0 Å². The topological polar surface area (TPSA) is 74.3 Å². The van der Waals surface area contributed by atoms with Crippen LogP contribution in [-0.2, 0) is 15.8 Å². The number of hydrogen-bond acceptors (Lipinski definition) is 4. The standard InChI is InChI=1S/C15H19F3N4O2/c1-2-22-9-10(8-12(22)23)14(24)21-7-6-20-13-11(15(16,17)18)4-3-5-19-13/h3-5,10H,2,6-9H2,1H3,(H,19,20)(H,21,24)/t10-/m1/s1. The van der Waals surface area contributed by atoms with Crippen LogP contribution in [0.2, 0.25) is 0 Å². The van der Waals surface area contributed by atoms with Crippen molar-refractivity contribution in [2.24, 2.45) is 5.92 Å². The van der Waals surface area contributed by atoms with Crippen molar-refractivity contribution < 1.29 is 22.8 Å². The number of halogens is 3. The molecule has 9 heteroatoms. The van der Waals surface area contributed by atoms with Crippen molar-refractivity contribution in [1.29, 1.82) is 0 Å². The van der Waals surface area contributed by atoms with Gasteiger partial charge in [-0.05, 0) is 19.1 Å². The second-order valence-electron chi connectivity index (χ2n) is 5.45. The normalized spacial score (nSPS) is 17.9. The van der Waals surface area contributed by atoms with Crippen LogP contribution in [0.3, 0.4) is 0 Å². The molecular formula is C15H19F3N4O2. The van der Waals surface area contributed by atoms with Crippen LogP contribution < -0.4 is 10.6 Å². The lowest BCUT2D eigenvalue weighted by Crippen LogP contribution is -2.35. The van der Waals surface area contributed by atoms with Crippen LogP contribution in [0.15, 0.2) is 18.3 Å². The minimum atomic E-state index is -4.49. The van der Waals surface area contributed by atoms with E-state index in [1.54, 1.807) is 4.90 Å². The summed E-state index contributed by atoms with van der Waals surface area (Å²) in [5, 5.41) is 5.20. The second kappa shape index (κ2) is 7.50. The third kappa shape index (κ3) is 4.36. The molecule has 1 atom stereocenters. The van der Waals surface area contributed by atoms with Crippen LogP contribution in [0.4, 0.5) is 19.0 Å². The van der Waals surface area contributed by atoms with E-state index in [-0.39, 0.29) is 37.1 Å². The van der Waals surface area contributed by atoms with Crippen LogP contribution in [0, 0.1) is 5.92 Å². The molecule has 1 aliphatic heterocycles. The Balaban J connectivity index is 1.80. The molecule has 0 bridgehead atoms. The van der Waals surface area contributed by atoms with Crippen molar-refractivity contribution in [2.75, 3.05) is 31.5 Å². The van der Waals surface area contributed by atoms with Crippen molar-refractivity contribution in [2.45, 2.75) is 19.5 Å². The Kier molecular flexibility index (Phi) is 5.63. The Morgan fingerprint density at radius 2 is 2.17 bits per heavy atom. The Labute approximate surface area is 137 Å². The Bertz CT molecular complexity index is 607. The number of aromatic nitrogens is 1. The van der Waals surface area contributed by atoms with Gasteiger partial charge in [0.2, 0.25) is 11.8 Å². The summed E-state index contributed by atoms with van der Waals surface area (Å²) < 4.78 is 38.4. The van der Waals surface area contributed by atoms with Crippen LogP contribution in [0.1, 0.15) is 18.9 Å². The fraction of sp³-hybridized carbons (Fsp3) is 0.533. The highest BCUT2D eigenvalue weighted by molar-refractivity contribution is 5.89. The molecule has 0 spiro atoms. The van der Waals surface area contributed by atoms with E-state index in [1.165, 1.54) is 12.3 Å². The lowest BCUT2D eigenvalue weighted by Gasteiger charge is -2.15. The Hall–Kier alpha value is -2.32. The van der Waals surface area contributed by atoms with Crippen molar-refractivity contribution in [1.82, 2.24) is 15.2 Å². The van der Waals surface area contributed by atoms with E-state index in [9.17, 15) is 22.8 Å². The summed E-state index contributed by atoms with van der Waals surface area (Å²) in [7, 11) is 0. The SMILES string of the molecule is CCN1C[C@H](C(=O)NCCNc2ncccc2C(F)(F)F)CC1=O. The molecule has 2 amide bonds. The zero-order chi connectivity index (χ0) is 17.7. The molecule has 1 fully saturated rings. The molecule has 1 aliphatic rings. The summed E-state index contributed by atoms with van der Waals surface area (Å²) in [6.45, 7) is 3.03. The van der Waals surface area contributed by atoms with Gasteiger partial charge < -0.3 is 15.5 Å². The predicted molar refractivity (Wildman–Crippen MR) is 81.1 cm³/mol. The van der Waals surface area contributed by atoms with Gasteiger partial charge >= 0.3 is 6.18 Å². The number of pyridine rings is 1. The van der Waals surface area contributed by atoms with E-state index in [2.05, 4.69) is 15.6 Å². The van der Waals surface area contributed by atoms with E-state index in [4.69, 9.17) is 0 Å². The first-order chi connectivity index (χ1) is 11.3. The number of rotatable bonds is 6. The molecule has 0 unspecified atom stereocenters. The number of carbonyl (C=O) groups is 2. The molecule has 2 rings (SSSR count). The van der Waals surface area contributed by atoms with Crippen molar-refractivity contribution >= 4 is 17.6 Å². The van der Waals surface area contributed by atoms with E-state index in [1.807, 2.05) is 6.92 Å². The first kappa shape index (κ1) is 18.0. The summed E-state index contributed by atoms with van der Waals surface area (Å²) in [5.74, 6) is -0.997. The third-order valence-corrected chi connectivity index (χ3v) is 3.80. The zero-order valence-corrected chi connectivity index (χ0v) is 13.2. The van der Waals surface area contributed by atoms with Crippen LogP contribution in [0.5, 0.6) is 0 Å². The number of likely N-dealkylation sites (tertiary alicyclic amines) is 1. The number of amides is 2. The average molecular weight is 344 g/mol. The first-order valence-electron chi connectivity index (χ1n) is 7.64. The number of carbonyl (C=O) groups excluding carboxylic acids is 2. The van der Waals surface area contributed by atoms with Gasteiger partial charge in [-0.25, -0.2) is 4.98 Å². The van der Waals surface area contributed by atoms with Gasteiger partial charge in [-0.15, -0.1) is 0 Å². The molecular weight excluding hydrogens is 325 g/mol. The molecule has 0 aliphatic carbocycles.